The highest BCUT2D eigenvalue weighted by Crippen LogP contribution is 2.12. The normalized spacial score (nSPS) is 13.0. The highest BCUT2D eigenvalue weighted by atomic mass is 16.6. The molecular weight excluding hydrogens is 304 g/mol. The molecule has 0 aliphatic carbocycles. The van der Waals surface area contributed by atoms with E-state index in [9.17, 15) is 9.90 Å². The van der Waals surface area contributed by atoms with Crippen LogP contribution in [0.15, 0.2) is 0 Å². The maximum Gasteiger partial charge on any atom is 0.306 e. The van der Waals surface area contributed by atoms with Crippen molar-refractivity contribution in [1.82, 2.24) is 0 Å². The molecule has 0 spiro atoms. The molecule has 0 amide bonds. The molecule has 0 saturated carbocycles. The molecule has 144 valence electrons. The molecule has 0 heterocycles. The molecule has 0 aromatic heterocycles. The first-order valence-electron chi connectivity index (χ1n) is 9.83. The van der Waals surface area contributed by atoms with Crippen LogP contribution in [-0.2, 0) is 14.3 Å². The zero-order valence-electron chi connectivity index (χ0n) is 16.4. The van der Waals surface area contributed by atoms with Crippen LogP contribution in [0.3, 0.4) is 0 Å². The number of hydrogen-bond acceptors (Lipinski definition) is 4. The largest absolute Gasteiger partial charge is 0.460 e. The van der Waals surface area contributed by atoms with Crippen LogP contribution in [-0.4, -0.2) is 36.0 Å². The molecule has 0 aliphatic rings. The van der Waals surface area contributed by atoms with Gasteiger partial charge in [0.15, 0.2) is 0 Å². The van der Waals surface area contributed by atoms with E-state index in [-0.39, 0.29) is 18.7 Å². The highest BCUT2D eigenvalue weighted by Gasteiger charge is 2.18. The van der Waals surface area contributed by atoms with Crippen LogP contribution in [0.25, 0.3) is 0 Å². The molecule has 0 fully saturated rings. The number of carbonyl (C=O) groups is 1. The van der Waals surface area contributed by atoms with Gasteiger partial charge in [0.25, 0.3) is 0 Å². The number of aliphatic hydroxyl groups is 1. The average molecular weight is 345 g/mol. The number of unbranched alkanes of at least 4 members (excludes halogenated alkanes) is 8. The Morgan fingerprint density at radius 3 is 2.00 bits per heavy atom. The van der Waals surface area contributed by atoms with Crippen molar-refractivity contribution in [2.45, 2.75) is 110 Å². The highest BCUT2D eigenvalue weighted by molar-refractivity contribution is 5.69. The molecule has 0 aromatic rings. The van der Waals surface area contributed by atoms with Crippen molar-refractivity contribution in [1.29, 1.82) is 0 Å². The number of hydrogen-bond donors (Lipinski definition) is 1. The van der Waals surface area contributed by atoms with E-state index in [1.165, 1.54) is 51.4 Å². The molecule has 0 bridgehead atoms. The van der Waals surface area contributed by atoms with Gasteiger partial charge in [0, 0.05) is 13.0 Å². The molecule has 1 unspecified atom stereocenters. The Kier molecular flexibility index (Phi) is 14.3. The molecule has 0 saturated heterocycles. The summed E-state index contributed by atoms with van der Waals surface area (Å²) in [6, 6.07) is 0. The summed E-state index contributed by atoms with van der Waals surface area (Å²) in [5.41, 5.74) is -0.455. The van der Waals surface area contributed by atoms with Gasteiger partial charge in [-0.3, -0.25) is 4.79 Å². The second-order valence-corrected chi connectivity index (χ2v) is 7.63. The number of aliphatic hydroxyl groups excluding tert-OH is 1. The lowest BCUT2D eigenvalue weighted by Gasteiger charge is -2.20. The van der Waals surface area contributed by atoms with Gasteiger partial charge in [0.1, 0.15) is 5.60 Å². The SMILES string of the molecule is CCCCCCCCCCCOC(CO)CCC(=O)OC(C)(C)C. The second-order valence-electron chi connectivity index (χ2n) is 7.63. The van der Waals surface area contributed by atoms with Gasteiger partial charge in [-0.05, 0) is 33.6 Å². The van der Waals surface area contributed by atoms with E-state index in [1.54, 1.807) is 0 Å². The van der Waals surface area contributed by atoms with Crippen LogP contribution in [0.1, 0.15) is 98.3 Å². The summed E-state index contributed by atoms with van der Waals surface area (Å²) < 4.78 is 10.9. The van der Waals surface area contributed by atoms with Crippen LogP contribution in [0.5, 0.6) is 0 Å². The minimum atomic E-state index is -0.455. The lowest BCUT2D eigenvalue weighted by atomic mass is 10.1. The van der Waals surface area contributed by atoms with Gasteiger partial charge >= 0.3 is 5.97 Å². The Bertz CT molecular complexity index is 297. The standard InChI is InChI=1S/C20H40O4/c1-5-6-7-8-9-10-11-12-13-16-23-18(17-21)14-15-19(22)24-20(2,3)4/h18,21H,5-17H2,1-4H3. The van der Waals surface area contributed by atoms with Crippen molar-refractivity contribution in [2.75, 3.05) is 13.2 Å². The van der Waals surface area contributed by atoms with Crippen molar-refractivity contribution in [2.24, 2.45) is 0 Å². The molecule has 0 aromatic carbocycles. The number of rotatable bonds is 15. The van der Waals surface area contributed by atoms with E-state index < -0.39 is 5.60 Å². The van der Waals surface area contributed by atoms with Gasteiger partial charge in [-0.25, -0.2) is 0 Å². The maximum absolute atomic E-state index is 11.7. The molecule has 4 heteroatoms. The zero-order chi connectivity index (χ0) is 18.3. The van der Waals surface area contributed by atoms with Gasteiger partial charge < -0.3 is 14.6 Å². The fraction of sp³-hybridized carbons (Fsp3) is 0.950. The quantitative estimate of drug-likeness (QED) is 0.335. The predicted octanol–water partition coefficient (Wildman–Crippen LogP) is 5.02. The van der Waals surface area contributed by atoms with Gasteiger partial charge in [-0.2, -0.15) is 0 Å². The third-order valence-corrected chi connectivity index (χ3v) is 3.90. The van der Waals surface area contributed by atoms with Crippen LogP contribution in [0, 0.1) is 0 Å². The monoisotopic (exact) mass is 344 g/mol. The van der Waals surface area contributed by atoms with Crippen LogP contribution in [0.4, 0.5) is 0 Å². The lowest BCUT2D eigenvalue weighted by Crippen LogP contribution is -2.26. The maximum atomic E-state index is 11.7. The smallest absolute Gasteiger partial charge is 0.306 e. The van der Waals surface area contributed by atoms with E-state index in [2.05, 4.69) is 6.92 Å². The Morgan fingerprint density at radius 1 is 0.958 bits per heavy atom. The third kappa shape index (κ3) is 16.3. The van der Waals surface area contributed by atoms with Gasteiger partial charge in [0.05, 0.1) is 12.7 Å². The topological polar surface area (TPSA) is 55.8 Å². The Hall–Kier alpha value is -0.610. The van der Waals surface area contributed by atoms with Crippen molar-refractivity contribution >= 4 is 5.97 Å². The molecule has 0 aliphatic heterocycles. The van der Waals surface area contributed by atoms with Gasteiger partial charge in [-0.15, -0.1) is 0 Å². The molecule has 0 rings (SSSR count). The van der Waals surface area contributed by atoms with Crippen molar-refractivity contribution in [3.63, 3.8) is 0 Å². The minimum absolute atomic E-state index is 0.0414. The number of carbonyl (C=O) groups excluding carboxylic acids is 1. The Labute approximate surface area is 149 Å². The van der Waals surface area contributed by atoms with E-state index in [0.717, 1.165) is 6.42 Å². The first-order valence-corrected chi connectivity index (χ1v) is 9.83. The molecule has 4 nitrogen and oxygen atoms in total. The molecule has 0 radical (unpaired) electrons. The third-order valence-electron chi connectivity index (χ3n) is 3.90. The molecule has 1 N–H and O–H groups in total. The summed E-state index contributed by atoms with van der Waals surface area (Å²) in [6.07, 6.45) is 12.1. The fourth-order valence-corrected chi connectivity index (χ4v) is 2.56. The van der Waals surface area contributed by atoms with Gasteiger partial charge in [-0.1, -0.05) is 58.3 Å². The first kappa shape index (κ1) is 23.4. The Morgan fingerprint density at radius 2 is 1.50 bits per heavy atom. The summed E-state index contributed by atoms with van der Waals surface area (Å²) >= 11 is 0. The lowest BCUT2D eigenvalue weighted by molar-refractivity contribution is -0.155. The van der Waals surface area contributed by atoms with Crippen molar-refractivity contribution in [3.05, 3.63) is 0 Å². The summed E-state index contributed by atoms with van der Waals surface area (Å²) in [5, 5.41) is 9.34. The van der Waals surface area contributed by atoms with Crippen LogP contribution >= 0.6 is 0 Å². The van der Waals surface area contributed by atoms with E-state index in [1.807, 2.05) is 20.8 Å². The molecular formula is C20H40O4. The summed E-state index contributed by atoms with van der Waals surface area (Å²) in [4.78, 5) is 11.7. The van der Waals surface area contributed by atoms with Crippen LogP contribution in [0.2, 0.25) is 0 Å². The number of esters is 1. The van der Waals surface area contributed by atoms with E-state index in [0.29, 0.717) is 19.4 Å². The Balaban J connectivity index is 3.54. The van der Waals surface area contributed by atoms with E-state index >= 15 is 0 Å². The fourth-order valence-electron chi connectivity index (χ4n) is 2.56. The minimum Gasteiger partial charge on any atom is -0.460 e. The molecule has 24 heavy (non-hydrogen) atoms. The summed E-state index contributed by atoms with van der Waals surface area (Å²) in [5.74, 6) is -0.229. The summed E-state index contributed by atoms with van der Waals surface area (Å²) in [6.45, 7) is 8.43. The van der Waals surface area contributed by atoms with Crippen LogP contribution < -0.4 is 0 Å². The zero-order valence-corrected chi connectivity index (χ0v) is 16.4. The average Bonchev–Trinajstić information content (AvgIpc) is 2.50. The van der Waals surface area contributed by atoms with Crippen molar-refractivity contribution < 1.29 is 19.4 Å². The van der Waals surface area contributed by atoms with Crippen molar-refractivity contribution in [3.8, 4) is 0 Å². The van der Waals surface area contributed by atoms with E-state index in [4.69, 9.17) is 9.47 Å². The van der Waals surface area contributed by atoms with Gasteiger partial charge in [0.2, 0.25) is 0 Å². The molecule has 1 atom stereocenters. The first-order chi connectivity index (χ1) is 11.4. The summed E-state index contributed by atoms with van der Waals surface area (Å²) in [7, 11) is 0. The number of ether oxygens (including phenoxy) is 2. The predicted molar refractivity (Wildman–Crippen MR) is 99.1 cm³/mol. The second kappa shape index (κ2) is 14.7.